The molecule has 5 heteroatoms. The van der Waals surface area contributed by atoms with Crippen LogP contribution in [-0.2, 0) is 0 Å². The highest BCUT2D eigenvalue weighted by molar-refractivity contribution is 5.86. The molecule has 0 saturated carbocycles. The maximum absolute atomic E-state index is 10.8. The highest BCUT2D eigenvalue weighted by Gasteiger charge is 2.18. The number of carboxylic acids is 1. The Morgan fingerprint density at radius 2 is 2.18 bits per heavy atom. The molecule has 0 spiro atoms. The number of aliphatic hydroxyl groups is 1. The van der Waals surface area contributed by atoms with Gasteiger partial charge in [0, 0.05) is 25.0 Å². The fourth-order valence-corrected chi connectivity index (χ4v) is 1.59. The summed E-state index contributed by atoms with van der Waals surface area (Å²) in [7, 11) is 0. The first-order valence-electron chi connectivity index (χ1n) is 5.50. The largest absolute Gasteiger partial charge is 0.477 e. The number of rotatable bonds is 5. The molecular formula is C12H18N2O3. The molecule has 1 aromatic heterocycles. The number of carboxylic acid groups (broad SMARTS) is 1. The summed E-state index contributed by atoms with van der Waals surface area (Å²) in [6.45, 7) is 6.51. The lowest BCUT2D eigenvalue weighted by atomic mass is 10.1. The van der Waals surface area contributed by atoms with Crippen molar-refractivity contribution in [2.45, 2.75) is 26.4 Å². The molecule has 5 nitrogen and oxygen atoms in total. The second-order valence-electron chi connectivity index (χ2n) is 4.53. The van der Waals surface area contributed by atoms with Crippen LogP contribution in [0.5, 0.6) is 0 Å². The van der Waals surface area contributed by atoms with Gasteiger partial charge < -0.3 is 15.1 Å². The molecular weight excluding hydrogens is 220 g/mol. The molecule has 1 aromatic rings. The Balaban J connectivity index is 2.96. The van der Waals surface area contributed by atoms with Gasteiger partial charge in [0.05, 0.1) is 5.60 Å². The summed E-state index contributed by atoms with van der Waals surface area (Å²) < 4.78 is 0. The lowest BCUT2D eigenvalue weighted by Gasteiger charge is -2.29. The van der Waals surface area contributed by atoms with E-state index in [-0.39, 0.29) is 5.69 Å². The summed E-state index contributed by atoms with van der Waals surface area (Å²) in [6, 6.07) is 3.25. The van der Waals surface area contributed by atoms with Gasteiger partial charge in [0.25, 0.3) is 0 Å². The van der Waals surface area contributed by atoms with Crippen molar-refractivity contribution in [3.63, 3.8) is 0 Å². The smallest absolute Gasteiger partial charge is 0.354 e. The van der Waals surface area contributed by atoms with Gasteiger partial charge in [-0.1, -0.05) is 0 Å². The molecule has 0 unspecified atom stereocenters. The molecule has 0 radical (unpaired) electrons. The van der Waals surface area contributed by atoms with E-state index in [0.29, 0.717) is 13.1 Å². The number of likely N-dealkylation sites (N-methyl/N-ethyl adjacent to an activating group) is 1. The Morgan fingerprint density at radius 3 is 2.65 bits per heavy atom. The van der Waals surface area contributed by atoms with Gasteiger partial charge in [-0.25, -0.2) is 9.78 Å². The van der Waals surface area contributed by atoms with Gasteiger partial charge >= 0.3 is 5.97 Å². The molecule has 0 amide bonds. The quantitative estimate of drug-likeness (QED) is 0.810. The fraction of sp³-hybridized carbons (Fsp3) is 0.500. The van der Waals surface area contributed by atoms with E-state index in [1.54, 1.807) is 19.9 Å². The van der Waals surface area contributed by atoms with Crippen LogP contribution in [0.4, 0.5) is 5.69 Å². The molecule has 0 aliphatic carbocycles. The predicted molar refractivity (Wildman–Crippen MR) is 65.4 cm³/mol. The lowest BCUT2D eigenvalue weighted by molar-refractivity contribution is 0.0690. The second kappa shape index (κ2) is 5.14. The van der Waals surface area contributed by atoms with Gasteiger partial charge in [-0.05, 0) is 32.9 Å². The summed E-state index contributed by atoms with van der Waals surface area (Å²) in [4.78, 5) is 16.5. The number of hydrogen-bond acceptors (Lipinski definition) is 4. The van der Waals surface area contributed by atoms with Crippen molar-refractivity contribution in [3.8, 4) is 0 Å². The van der Waals surface area contributed by atoms with E-state index in [1.165, 1.54) is 12.3 Å². The number of aromatic nitrogens is 1. The second-order valence-corrected chi connectivity index (χ2v) is 4.53. The van der Waals surface area contributed by atoms with Gasteiger partial charge in [-0.3, -0.25) is 0 Å². The SMILES string of the molecule is CCN(CC(C)(C)O)c1ccnc(C(=O)O)c1. The highest BCUT2D eigenvalue weighted by atomic mass is 16.4. The van der Waals surface area contributed by atoms with E-state index in [2.05, 4.69) is 4.98 Å². The first-order valence-corrected chi connectivity index (χ1v) is 5.50. The van der Waals surface area contributed by atoms with Crippen LogP contribution in [0.2, 0.25) is 0 Å². The average molecular weight is 238 g/mol. The molecule has 0 fully saturated rings. The molecule has 0 bridgehead atoms. The van der Waals surface area contributed by atoms with Crippen LogP contribution in [0.3, 0.4) is 0 Å². The molecule has 1 rings (SSSR count). The topological polar surface area (TPSA) is 73.7 Å². The Morgan fingerprint density at radius 1 is 1.53 bits per heavy atom. The van der Waals surface area contributed by atoms with E-state index in [0.717, 1.165) is 5.69 Å². The van der Waals surface area contributed by atoms with Gasteiger partial charge in [0.1, 0.15) is 5.69 Å². The summed E-state index contributed by atoms with van der Waals surface area (Å²) in [5.74, 6) is -1.05. The molecule has 0 aromatic carbocycles. The maximum atomic E-state index is 10.8. The first-order chi connectivity index (χ1) is 7.83. The third-order valence-electron chi connectivity index (χ3n) is 2.29. The summed E-state index contributed by atoms with van der Waals surface area (Å²) in [5, 5.41) is 18.7. The lowest BCUT2D eigenvalue weighted by Crippen LogP contribution is -2.38. The van der Waals surface area contributed by atoms with E-state index >= 15 is 0 Å². The number of pyridine rings is 1. The molecule has 0 saturated heterocycles. The van der Waals surface area contributed by atoms with Gasteiger partial charge in [0.15, 0.2) is 0 Å². The molecule has 1 heterocycles. The Hall–Kier alpha value is -1.62. The normalized spacial score (nSPS) is 11.3. The van der Waals surface area contributed by atoms with Crippen molar-refractivity contribution in [2.24, 2.45) is 0 Å². The van der Waals surface area contributed by atoms with Crippen LogP contribution < -0.4 is 4.90 Å². The van der Waals surface area contributed by atoms with Crippen molar-refractivity contribution < 1.29 is 15.0 Å². The molecule has 17 heavy (non-hydrogen) atoms. The Bertz CT molecular complexity index is 399. The van der Waals surface area contributed by atoms with E-state index in [1.807, 2.05) is 11.8 Å². The number of anilines is 1. The number of nitrogens with zero attached hydrogens (tertiary/aromatic N) is 2. The van der Waals surface area contributed by atoms with Crippen LogP contribution >= 0.6 is 0 Å². The standard InChI is InChI=1S/C12H18N2O3/c1-4-14(8-12(2,3)17)9-5-6-13-10(7-9)11(15)16/h5-7,17H,4,8H2,1-3H3,(H,15,16). The average Bonchev–Trinajstić information content (AvgIpc) is 2.25. The van der Waals surface area contributed by atoms with E-state index in [4.69, 9.17) is 5.11 Å². The number of carbonyl (C=O) groups is 1. The van der Waals surface area contributed by atoms with Crippen molar-refractivity contribution in [2.75, 3.05) is 18.0 Å². The molecule has 0 aliphatic rings. The minimum absolute atomic E-state index is 0.0108. The summed E-state index contributed by atoms with van der Waals surface area (Å²) in [6.07, 6.45) is 1.46. The maximum Gasteiger partial charge on any atom is 0.354 e. The van der Waals surface area contributed by atoms with E-state index in [9.17, 15) is 9.90 Å². The van der Waals surface area contributed by atoms with Gasteiger partial charge in [-0.15, -0.1) is 0 Å². The monoisotopic (exact) mass is 238 g/mol. The Kier molecular flexibility index (Phi) is 4.07. The summed E-state index contributed by atoms with van der Waals surface area (Å²) in [5.41, 5.74) is -0.0680. The van der Waals surface area contributed by atoms with Gasteiger partial charge in [0.2, 0.25) is 0 Å². The third-order valence-corrected chi connectivity index (χ3v) is 2.29. The zero-order chi connectivity index (χ0) is 13.1. The van der Waals surface area contributed by atoms with Crippen LogP contribution in [-0.4, -0.2) is 39.9 Å². The van der Waals surface area contributed by atoms with Crippen molar-refractivity contribution in [1.82, 2.24) is 4.98 Å². The van der Waals surface area contributed by atoms with Crippen molar-refractivity contribution in [1.29, 1.82) is 0 Å². The zero-order valence-electron chi connectivity index (χ0n) is 10.3. The minimum Gasteiger partial charge on any atom is -0.477 e. The first kappa shape index (κ1) is 13.4. The summed E-state index contributed by atoms with van der Waals surface area (Å²) >= 11 is 0. The van der Waals surface area contributed by atoms with Crippen LogP contribution in [0.15, 0.2) is 18.3 Å². The molecule has 94 valence electrons. The van der Waals surface area contributed by atoms with Crippen LogP contribution in [0.1, 0.15) is 31.3 Å². The molecule has 0 aliphatic heterocycles. The van der Waals surface area contributed by atoms with Gasteiger partial charge in [-0.2, -0.15) is 0 Å². The Labute approximate surface area is 101 Å². The molecule has 0 atom stereocenters. The minimum atomic E-state index is -1.05. The number of aromatic carboxylic acids is 1. The van der Waals surface area contributed by atoms with Crippen LogP contribution in [0.25, 0.3) is 0 Å². The predicted octanol–water partition coefficient (Wildman–Crippen LogP) is 1.38. The van der Waals surface area contributed by atoms with Crippen molar-refractivity contribution in [3.05, 3.63) is 24.0 Å². The number of hydrogen-bond donors (Lipinski definition) is 2. The molecule has 2 N–H and O–H groups in total. The van der Waals surface area contributed by atoms with Crippen molar-refractivity contribution >= 4 is 11.7 Å². The third kappa shape index (κ3) is 4.03. The van der Waals surface area contributed by atoms with E-state index < -0.39 is 11.6 Å². The fourth-order valence-electron chi connectivity index (χ4n) is 1.59. The highest BCUT2D eigenvalue weighted by Crippen LogP contribution is 2.17. The zero-order valence-corrected chi connectivity index (χ0v) is 10.3. The van der Waals surface area contributed by atoms with Crippen LogP contribution in [0, 0.1) is 0 Å².